The number of rotatable bonds is 2. The van der Waals surface area contributed by atoms with Crippen molar-refractivity contribution < 1.29 is 17.0 Å². The zero-order valence-corrected chi connectivity index (χ0v) is 9.45. The minimum Gasteiger partial charge on any atom is -1.00 e. The Labute approximate surface area is 85.0 Å². The minimum absolute atomic E-state index is 0. The molecule has 0 aromatic heterocycles. The van der Waals surface area contributed by atoms with Crippen LogP contribution in [0.2, 0.25) is 0 Å². The second-order valence-corrected chi connectivity index (χ2v) is 2.44. The van der Waals surface area contributed by atoms with E-state index in [1.807, 2.05) is 6.92 Å². The fraction of sp³-hybridized carbons (Fsp3) is 0.714. The van der Waals surface area contributed by atoms with Crippen molar-refractivity contribution in [2.75, 3.05) is 0 Å². The average Bonchev–Trinajstić information content (AvgIpc) is 1.27. The molecule has 0 fully saturated rings. The quantitative estimate of drug-likeness (QED) is 0.399. The van der Waals surface area contributed by atoms with Gasteiger partial charge in [0.15, 0.2) is 0 Å². The van der Waals surface area contributed by atoms with Crippen molar-refractivity contribution in [3.63, 3.8) is 0 Å². The molecular weight excluding hydrogens is 188 g/mol. The summed E-state index contributed by atoms with van der Waals surface area (Å²) in [6, 6.07) is 0. The SMILES string of the molecule is [Br-].[CH-]=C(C)CC(C)C.[Mg+2]. The van der Waals surface area contributed by atoms with E-state index in [0.29, 0.717) is 5.92 Å². The van der Waals surface area contributed by atoms with E-state index >= 15 is 0 Å². The first kappa shape index (κ1) is 16.5. The van der Waals surface area contributed by atoms with Crippen LogP contribution in [-0.4, -0.2) is 23.1 Å². The van der Waals surface area contributed by atoms with Crippen molar-refractivity contribution in [1.82, 2.24) is 0 Å². The third-order valence-electron chi connectivity index (χ3n) is 0.730. The summed E-state index contributed by atoms with van der Waals surface area (Å²) in [5, 5.41) is 0. The molecule has 0 aliphatic carbocycles. The molecule has 0 radical (unpaired) electrons. The summed E-state index contributed by atoms with van der Waals surface area (Å²) in [5.41, 5.74) is 1.04. The number of hydrogen-bond donors (Lipinski definition) is 0. The van der Waals surface area contributed by atoms with E-state index in [9.17, 15) is 0 Å². The minimum atomic E-state index is 0. The Balaban J connectivity index is -0.000000180. The van der Waals surface area contributed by atoms with Gasteiger partial charge in [0.05, 0.1) is 0 Å². The molecule has 0 amide bonds. The topological polar surface area (TPSA) is 0 Å². The van der Waals surface area contributed by atoms with Crippen LogP contribution in [0.25, 0.3) is 0 Å². The normalized spacial score (nSPS) is 7.56. The Bertz CT molecular complexity index is 69.3. The van der Waals surface area contributed by atoms with E-state index in [0.717, 1.165) is 12.0 Å². The first-order valence-electron chi connectivity index (χ1n) is 2.71. The van der Waals surface area contributed by atoms with Gasteiger partial charge in [-0.2, -0.15) is 0 Å². The molecule has 0 aliphatic rings. The van der Waals surface area contributed by atoms with Crippen molar-refractivity contribution in [3.8, 4) is 0 Å². The van der Waals surface area contributed by atoms with Crippen LogP contribution in [0.5, 0.6) is 0 Å². The van der Waals surface area contributed by atoms with Gasteiger partial charge < -0.3 is 23.6 Å². The fourth-order valence-electron chi connectivity index (χ4n) is 0.644. The molecule has 0 bridgehead atoms. The Hall–Kier alpha value is 0.986. The molecule has 50 valence electrons. The standard InChI is InChI=1S/C7H13.BrH.Mg/c1-6(2)5-7(3)4;;/h1,7H,5H2,2-4H3;1H;/q-1;;+2/p-1. The Morgan fingerprint density at radius 3 is 1.78 bits per heavy atom. The maximum Gasteiger partial charge on any atom is 2.00 e. The molecule has 0 rings (SSSR count). The molecule has 0 aromatic carbocycles. The molecule has 0 heterocycles. The third kappa shape index (κ3) is 17.6. The molecule has 0 saturated carbocycles. The van der Waals surface area contributed by atoms with Crippen molar-refractivity contribution in [1.29, 1.82) is 0 Å². The van der Waals surface area contributed by atoms with Gasteiger partial charge in [-0.05, 0) is 5.92 Å². The van der Waals surface area contributed by atoms with Gasteiger partial charge in [-0.1, -0.05) is 27.2 Å². The summed E-state index contributed by atoms with van der Waals surface area (Å²) in [5.74, 6) is 0.713. The second kappa shape index (κ2) is 8.99. The van der Waals surface area contributed by atoms with E-state index in [1.54, 1.807) is 0 Å². The van der Waals surface area contributed by atoms with Crippen LogP contribution in [0, 0.1) is 12.5 Å². The largest absolute Gasteiger partial charge is 2.00 e. The molecule has 9 heavy (non-hydrogen) atoms. The smallest absolute Gasteiger partial charge is 1.00 e. The molecular formula is C7H13BrMg. The maximum atomic E-state index is 5.41. The molecule has 0 N–H and O–H groups in total. The van der Waals surface area contributed by atoms with Gasteiger partial charge in [-0.25, -0.2) is 0 Å². The van der Waals surface area contributed by atoms with Crippen LogP contribution in [-0.2, 0) is 0 Å². The molecule has 0 aromatic rings. The Morgan fingerprint density at radius 2 is 1.78 bits per heavy atom. The van der Waals surface area contributed by atoms with Crippen LogP contribution in [0.3, 0.4) is 0 Å². The van der Waals surface area contributed by atoms with Gasteiger partial charge in [0.1, 0.15) is 0 Å². The van der Waals surface area contributed by atoms with Crippen molar-refractivity contribution in [2.24, 2.45) is 5.92 Å². The molecule has 2 heteroatoms. The predicted molar refractivity (Wildman–Crippen MR) is 38.7 cm³/mol. The number of hydrogen-bond acceptors (Lipinski definition) is 0. The van der Waals surface area contributed by atoms with Crippen LogP contribution in [0.1, 0.15) is 27.2 Å². The summed E-state index contributed by atoms with van der Waals surface area (Å²) in [6.07, 6.45) is 1.06. The fourth-order valence-corrected chi connectivity index (χ4v) is 0.644. The van der Waals surface area contributed by atoms with E-state index in [4.69, 9.17) is 6.58 Å². The van der Waals surface area contributed by atoms with Crippen molar-refractivity contribution in [3.05, 3.63) is 12.2 Å². The predicted octanol–water partition coefficient (Wildman–Crippen LogP) is -0.965. The zero-order chi connectivity index (χ0) is 5.86. The van der Waals surface area contributed by atoms with E-state index in [-0.39, 0.29) is 40.0 Å². The van der Waals surface area contributed by atoms with E-state index in [2.05, 4.69) is 13.8 Å². The average molecular weight is 201 g/mol. The van der Waals surface area contributed by atoms with Crippen molar-refractivity contribution in [2.45, 2.75) is 27.2 Å². The number of allylic oxidation sites excluding steroid dienone is 1. The van der Waals surface area contributed by atoms with Gasteiger partial charge in [-0.3, -0.25) is 5.57 Å². The van der Waals surface area contributed by atoms with Gasteiger partial charge >= 0.3 is 23.1 Å². The van der Waals surface area contributed by atoms with Gasteiger partial charge in [0.25, 0.3) is 0 Å². The van der Waals surface area contributed by atoms with Gasteiger partial charge in [0.2, 0.25) is 0 Å². The van der Waals surface area contributed by atoms with Crippen molar-refractivity contribution >= 4 is 23.1 Å². The van der Waals surface area contributed by atoms with E-state index in [1.165, 1.54) is 0 Å². The molecule has 0 atom stereocenters. The maximum absolute atomic E-state index is 5.41. The van der Waals surface area contributed by atoms with Crippen LogP contribution >= 0.6 is 0 Å². The summed E-state index contributed by atoms with van der Waals surface area (Å²) in [7, 11) is 0. The summed E-state index contributed by atoms with van der Waals surface area (Å²) >= 11 is 0. The first-order chi connectivity index (χ1) is 3.13. The summed E-state index contributed by atoms with van der Waals surface area (Å²) in [4.78, 5) is 0. The Morgan fingerprint density at radius 1 is 1.44 bits per heavy atom. The monoisotopic (exact) mass is 200 g/mol. The Kier molecular flexibility index (Phi) is 16.5. The van der Waals surface area contributed by atoms with Gasteiger partial charge in [0, 0.05) is 0 Å². The third-order valence-corrected chi connectivity index (χ3v) is 0.730. The second-order valence-electron chi connectivity index (χ2n) is 2.44. The van der Waals surface area contributed by atoms with Crippen LogP contribution in [0.4, 0.5) is 0 Å². The number of halogens is 1. The summed E-state index contributed by atoms with van der Waals surface area (Å²) in [6.45, 7) is 11.7. The van der Waals surface area contributed by atoms with Crippen LogP contribution < -0.4 is 17.0 Å². The molecule has 0 saturated heterocycles. The molecule has 0 unspecified atom stereocenters. The molecule has 0 nitrogen and oxygen atoms in total. The first-order valence-corrected chi connectivity index (χ1v) is 2.71. The molecule has 0 aliphatic heterocycles. The zero-order valence-electron chi connectivity index (χ0n) is 6.45. The van der Waals surface area contributed by atoms with E-state index < -0.39 is 0 Å². The van der Waals surface area contributed by atoms with Gasteiger partial charge in [-0.15, -0.1) is 0 Å². The van der Waals surface area contributed by atoms with Crippen LogP contribution in [0.15, 0.2) is 5.57 Å². The summed E-state index contributed by atoms with van der Waals surface area (Å²) < 4.78 is 0. The molecule has 0 spiro atoms.